The van der Waals surface area contributed by atoms with E-state index in [9.17, 15) is 0 Å². The Morgan fingerprint density at radius 3 is 2.88 bits per heavy atom. The molecule has 82 valence electrons. The van der Waals surface area contributed by atoms with Gasteiger partial charge in [0.05, 0.1) is 6.61 Å². The van der Waals surface area contributed by atoms with Gasteiger partial charge in [-0.2, -0.15) is 0 Å². The monoisotopic (exact) mass is 213 g/mol. The van der Waals surface area contributed by atoms with Crippen LogP contribution in [0.4, 0.5) is 5.69 Å². The SMILES string of the molecule is C=C(OCC)C1=CNc2ccccc2C1=C. The van der Waals surface area contributed by atoms with Crippen molar-refractivity contribution in [1.29, 1.82) is 0 Å². The van der Waals surface area contributed by atoms with Crippen molar-refractivity contribution >= 4 is 11.3 Å². The number of para-hydroxylation sites is 1. The molecule has 0 bridgehead atoms. The lowest BCUT2D eigenvalue weighted by molar-refractivity contribution is 0.241. The zero-order valence-corrected chi connectivity index (χ0v) is 9.42. The lowest BCUT2D eigenvalue weighted by atomic mass is 9.95. The van der Waals surface area contributed by atoms with Crippen LogP contribution in [-0.2, 0) is 4.74 Å². The second-order valence-electron chi connectivity index (χ2n) is 3.58. The molecule has 0 amide bonds. The Hall–Kier alpha value is -1.96. The first-order valence-electron chi connectivity index (χ1n) is 5.31. The molecule has 0 aliphatic carbocycles. The van der Waals surface area contributed by atoms with Gasteiger partial charge in [0.1, 0.15) is 5.76 Å². The van der Waals surface area contributed by atoms with Crippen molar-refractivity contribution in [2.75, 3.05) is 11.9 Å². The van der Waals surface area contributed by atoms with Crippen LogP contribution < -0.4 is 5.32 Å². The van der Waals surface area contributed by atoms with E-state index in [-0.39, 0.29) is 0 Å². The van der Waals surface area contributed by atoms with Gasteiger partial charge in [0.2, 0.25) is 0 Å². The van der Waals surface area contributed by atoms with Crippen molar-refractivity contribution in [3.05, 3.63) is 60.5 Å². The van der Waals surface area contributed by atoms with Crippen molar-refractivity contribution in [3.63, 3.8) is 0 Å². The van der Waals surface area contributed by atoms with Gasteiger partial charge in [0, 0.05) is 23.0 Å². The van der Waals surface area contributed by atoms with Crippen LogP contribution in [0.3, 0.4) is 0 Å². The highest BCUT2D eigenvalue weighted by molar-refractivity contribution is 5.90. The van der Waals surface area contributed by atoms with Crippen molar-refractivity contribution in [1.82, 2.24) is 0 Å². The molecule has 0 spiro atoms. The van der Waals surface area contributed by atoms with Gasteiger partial charge in [-0.05, 0) is 18.6 Å². The van der Waals surface area contributed by atoms with Gasteiger partial charge in [-0.1, -0.05) is 31.4 Å². The number of anilines is 1. The fourth-order valence-corrected chi connectivity index (χ4v) is 1.76. The van der Waals surface area contributed by atoms with Gasteiger partial charge in [-0.25, -0.2) is 0 Å². The highest BCUT2D eigenvalue weighted by atomic mass is 16.5. The number of rotatable bonds is 3. The summed E-state index contributed by atoms with van der Waals surface area (Å²) in [7, 11) is 0. The van der Waals surface area contributed by atoms with Crippen LogP contribution in [0, 0.1) is 0 Å². The van der Waals surface area contributed by atoms with Gasteiger partial charge in [0.25, 0.3) is 0 Å². The highest BCUT2D eigenvalue weighted by Gasteiger charge is 2.17. The molecule has 1 aromatic rings. The van der Waals surface area contributed by atoms with Crippen LogP contribution in [0.2, 0.25) is 0 Å². The molecule has 1 aliphatic rings. The molecule has 2 heteroatoms. The molecule has 1 aliphatic heterocycles. The maximum atomic E-state index is 5.40. The summed E-state index contributed by atoms with van der Waals surface area (Å²) in [5, 5.41) is 3.22. The minimum absolute atomic E-state index is 0.616. The van der Waals surface area contributed by atoms with Crippen LogP contribution in [0.25, 0.3) is 5.57 Å². The molecule has 1 N–H and O–H groups in total. The molecule has 2 nitrogen and oxygen atoms in total. The maximum absolute atomic E-state index is 5.40. The average molecular weight is 213 g/mol. The van der Waals surface area contributed by atoms with E-state index in [1.807, 2.05) is 37.4 Å². The van der Waals surface area contributed by atoms with Gasteiger partial charge in [-0.15, -0.1) is 0 Å². The molecule has 0 radical (unpaired) electrons. The van der Waals surface area contributed by atoms with E-state index < -0.39 is 0 Å². The van der Waals surface area contributed by atoms with E-state index in [2.05, 4.69) is 18.5 Å². The number of benzene rings is 1. The van der Waals surface area contributed by atoms with Gasteiger partial charge in [0.15, 0.2) is 0 Å². The van der Waals surface area contributed by atoms with Gasteiger partial charge < -0.3 is 10.1 Å². The Morgan fingerprint density at radius 2 is 2.12 bits per heavy atom. The Kier molecular flexibility index (Phi) is 2.82. The minimum atomic E-state index is 0.616. The van der Waals surface area contributed by atoms with Crippen LogP contribution in [-0.4, -0.2) is 6.61 Å². The average Bonchev–Trinajstić information content (AvgIpc) is 2.30. The Labute approximate surface area is 95.9 Å². The number of hydrogen-bond acceptors (Lipinski definition) is 2. The largest absolute Gasteiger partial charge is 0.494 e. The molecule has 0 unspecified atom stereocenters. The van der Waals surface area contributed by atoms with Crippen molar-refractivity contribution < 1.29 is 4.74 Å². The highest BCUT2D eigenvalue weighted by Crippen LogP contribution is 2.35. The summed E-state index contributed by atoms with van der Waals surface area (Å²) in [6, 6.07) is 8.06. The summed E-state index contributed by atoms with van der Waals surface area (Å²) in [5.41, 5.74) is 4.05. The van der Waals surface area contributed by atoms with E-state index in [0.717, 1.165) is 22.4 Å². The number of allylic oxidation sites excluding steroid dienone is 1. The molecule has 2 rings (SSSR count). The first-order valence-corrected chi connectivity index (χ1v) is 5.31. The third-order valence-corrected chi connectivity index (χ3v) is 2.57. The Bertz CT molecular complexity index is 471. The topological polar surface area (TPSA) is 21.3 Å². The predicted octanol–water partition coefficient (Wildman–Crippen LogP) is 3.56. The van der Waals surface area contributed by atoms with Crippen LogP contribution in [0.5, 0.6) is 0 Å². The molecule has 1 aromatic carbocycles. The number of fused-ring (bicyclic) bond motifs is 1. The molecule has 0 saturated carbocycles. The van der Waals surface area contributed by atoms with E-state index in [1.54, 1.807) is 0 Å². The molecule has 16 heavy (non-hydrogen) atoms. The van der Waals surface area contributed by atoms with Crippen molar-refractivity contribution in [3.8, 4) is 0 Å². The number of nitrogens with one attached hydrogen (secondary N) is 1. The summed E-state index contributed by atoms with van der Waals surface area (Å²) >= 11 is 0. The third-order valence-electron chi connectivity index (χ3n) is 2.57. The molecule has 0 saturated heterocycles. The minimum Gasteiger partial charge on any atom is -0.494 e. The first kappa shape index (κ1) is 10.6. The lowest BCUT2D eigenvalue weighted by Crippen LogP contribution is -2.07. The van der Waals surface area contributed by atoms with E-state index in [0.29, 0.717) is 12.4 Å². The first-order chi connectivity index (χ1) is 7.74. The summed E-state index contributed by atoms with van der Waals surface area (Å²) in [5.74, 6) is 0.662. The zero-order chi connectivity index (χ0) is 11.5. The standard InChI is InChI=1S/C14H15NO/c1-4-16-11(3)13-9-15-14-8-6-5-7-12(14)10(13)2/h5-9,15H,2-4H2,1H3. The van der Waals surface area contributed by atoms with Gasteiger partial charge in [-0.3, -0.25) is 0 Å². The molecule has 0 aromatic heterocycles. The van der Waals surface area contributed by atoms with E-state index in [1.165, 1.54) is 0 Å². The second-order valence-corrected chi connectivity index (χ2v) is 3.58. The van der Waals surface area contributed by atoms with E-state index in [4.69, 9.17) is 4.74 Å². The quantitative estimate of drug-likeness (QED) is 0.775. The fraction of sp³-hybridized carbons (Fsp3) is 0.143. The Balaban J connectivity index is 2.32. The van der Waals surface area contributed by atoms with Crippen LogP contribution in [0.1, 0.15) is 12.5 Å². The van der Waals surface area contributed by atoms with E-state index >= 15 is 0 Å². The summed E-state index contributed by atoms with van der Waals surface area (Å²) in [6.45, 7) is 10.6. The molecular weight excluding hydrogens is 198 g/mol. The van der Waals surface area contributed by atoms with Crippen molar-refractivity contribution in [2.45, 2.75) is 6.92 Å². The molecule has 0 atom stereocenters. The maximum Gasteiger partial charge on any atom is 0.121 e. The van der Waals surface area contributed by atoms with Gasteiger partial charge >= 0.3 is 0 Å². The number of ether oxygens (including phenoxy) is 1. The Morgan fingerprint density at radius 1 is 1.38 bits per heavy atom. The molecule has 1 heterocycles. The van der Waals surface area contributed by atoms with Crippen LogP contribution >= 0.6 is 0 Å². The summed E-state index contributed by atoms with van der Waals surface area (Å²) in [6.07, 6.45) is 1.89. The zero-order valence-electron chi connectivity index (χ0n) is 9.42. The van der Waals surface area contributed by atoms with Crippen molar-refractivity contribution in [2.24, 2.45) is 0 Å². The summed E-state index contributed by atoms with van der Waals surface area (Å²) in [4.78, 5) is 0. The normalized spacial score (nSPS) is 13.6. The smallest absolute Gasteiger partial charge is 0.121 e. The number of hydrogen-bond donors (Lipinski definition) is 1. The third kappa shape index (κ3) is 1.74. The molecule has 0 fully saturated rings. The van der Waals surface area contributed by atoms with Crippen LogP contribution in [0.15, 0.2) is 55.0 Å². The second kappa shape index (κ2) is 4.27. The lowest BCUT2D eigenvalue weighted by Gasteiger charge is -2.21. The summed E-state index contributed by atoms with van der Waals surface area (Å²) < 4.78 is 5.40. The fourth-order valence-electron chi connectivity index (χ4n) is 1.76. The molecular formula is C14H15NO. The predicted molar refractivity (Wildman–Crippen MR) is 67.9 cm³/mol.